The number of hydrogen-bond acceptors (Lipinski definition) is 9. The first-order valence-corrected chi connectivity index (χ1v) is 11.2. The molecule has 0 aliphatic heterocycles. The first-order chi connectivity index (χ1) is 16.9. The molecule has 14 heteroatoms. The quantitative estimate of drug-likeness (QED) is 0.162. The normalized spacial score (nSPS) is 14.2. The molecule has 35 heavy (non-hydrogen) atoms. The smallest absolute Gasteiger partial charge is 0.328 e. The lowest BCUT2D eigenvalue weighted by Gasteiger charge is -2.23. The molecule has 0 saturated heterocycles. The topological polar surface area (TPSA) is 116 Å². The minimum Gasteiger partial charge on any atom is -0.418 e. The number of nitrogens with two attached hydrogens (primary N) is 1. The van der Waals surface area contributed by atoms with Crippen LogP contribution in [0.15, 0.2) is 0 Å². The molecule has 1 aromatic carbocycles. The molecule has 0 bridgehead atoms. The van der Waals surface area contributed by atoms with Crippen molar-refractivity contribution in [3.8, 4) is 11.8 Å². The number of halogens is 5. The molecule has 1 saturated carbocycles. The van der Waals surface area contributed by atoms with Crippen LogP contribution in [-0.2, 0) is 9.47 Å². The van der Waals surface area contributed by atoms with Crippen LogP contribution in [0.4, 0.5) is 33.8 Å². The molecule has 1 heterocycles. The fourth-order valence-electron chi connectivity index (χ4n) is 3.38. The molecule has 1 aromatic heterocycles. The Morgan fingerprint density at radius 1 is 0.743 bits per heavy atom. The Labute approximate surface area is 198 Å². The number of anilines is 2. The van der Waals surface area contributed by atoms with Gasteiger partial charge < -0.3 is 30.6 Å². The fourth-order valence-corrected chi connectivity index (χ4v) is 3.38. The molecular weight excluding hydrogens is 479 g/mol. The van der Waals surface area contributed by atoms with Crippen molar-refractivity contribution in [3.05, 3.63) is 29.1 Å². The Morgan fingerprint density at radius 2 is 1.34 bits per heavy atom. The third-order valence-corrected chi connectivity index (χ3v) is 5.08. The highest BCUT2D eigenvalue weighted by Crippen LogP contribution is 2.32. The minimum atomic E-state index is -2.29. The van der Waals surface area contributed by atoms with Gasteiger partial charge in [0.1, 0.15) is 0 Å². The average molecular weight is 506 g/mol. The van der Waals surface area contributed by atoms with E-state index in [2.05, 4.69) is 25.6 Å². The predicted molar refractivity (Wildman–Crippen MR) is 116 cm³/mol. The van der Waals surface area contributed by atoms with Crippen molar-refractivity contribution < 1.29 is 36.2 Å². The molecule has 194 valence electrons. The molecule has 4 N–H and O–H groups in total. The molecule has 1 aliphatic rings. The summed E-state index contributed by atoms with van der Waals surface area (Å²) in [6, 6.07) is -0.599. The highest BCUT2D eigenvalue weighted by atomic mass is 19.2. The largest absolute Gasteiger partial charge is 0.418 e. The average Bonchev–Trinajstić information content (AvgIpc) is 2.86. The second kappa shape index (κ2) is 13.3. The molecule has 0 atom stereocenters. The monoisotopic (exact) mass is 506 g/mol. The van der Waals surface area contributed by atoms with Crippen molar-refractivity contribution in [1.82, 2.24) is 15.0 Å². The van der Waals surface area contributed by atoms with Gasteiger partial charge in [0.25, 0.3) is 0 Å². The summed E-state index contributed by atoms with van der Waals surface area (Å²) in [5.74, 6) is -12.4. The van der Waals surface area contributed by atoms with Crippen molar-refractivity contribution in [2.45, 2.75) is 38.1 Å². The third-order valence-electron chi connectivity index (χ3n) is 5.08. The van der Waals surface area contributed by atoms with Gasteiger partial charge in [-0.05, 0) is 12.8 Å². The lowest BCUT2D eigenvalue weighted by Crippen LogP contribution is -2.24. The molecule has 0 spiro atoms. The van der Waals surface area contributed by atoms with Gasteiger partial charge in [0.15, 0.2) is 0 Å². The van der Waals surface area contributed by atoms with Crippen molar-refractivity contribution in [2.75, 3.05) is 50.2 Å². The lowest BCUT2D eigenvalue weighted by molar-refractivity contribution is 0.0547. The highest BCUT2D eigenvalue weighted by Gasteiger charge is 2.28. The second-order valence-electron chi connectivity index (χ2n) is 7.69. The standard InChI is InChI=1S/C21H27F5N6O3/c22-13-14(23)16(25)18(17(26)15(13)24)35-21-31-19(28-7-9-34-11-10-33-8-6-27)30-20(32-21)29-12-4-2-1-3-5-12/h12H,1-11,27H2,(H2,28,29,30,31,32). The van der Waals surface area contributed by atoms with E-state index in [1.807, 2.05) is 0 Å². The van der Waals surface area contributed by atoms with E-state index in [1.165, 1.54) is 0 Å². The summed E-state index contributed by atoms with van der Waals surface area (Å²) < 4.78 is 84.1. The number of hydrogen-bond donors (Lipinski definition) is 3. The van der Waals surface area contributed by atoms with Gasteiger partial charge in [0.05, 0.1) is 26.4 Å². The van der Waals surface area contributed by atoms with Crippen molar-refractivity contribution in [1.29, 1.82) is 0 Å². The van der Waals surface area contributed by atoms with Crippen LogP contribution in [0.2, 0.25) is 0 Å². The lowest BCUT2D eigenvalue weighted by atomic mass is 9.96. The van der Waals surface area contributed by atoms with Gasteiger partial charge in [-0.15, -0.1) is 0 Å². The van der Waals surface area contributed by atoms with Crippen LogP contribution in [0.1, 0.15) is 32.1 Å². The Bertz CT molecular complexity index is 952. The van der Waals surface area contributed by atoms with Crippen LogP contribution < -0.4 is 21.1 Å². The van der Waals surface area contributed by atoms with Gasteiger partial charge in [0.2, 0.25) is 46.7 Å². The SMILES string of the molecule is NCCOCCOCCNc1nc(NC2CCCCC2)nc(Oc2c(F)c(F)c(F)c(F)c2F)n1. The molecule has 9 nitrogen and oxygen atoms in total. The minimum absolute atomic E-state index is 0.0318. The number of nitrogens with one attached hydrogen (secondary N) is 2. The molecule has 0 amide bonds. The fraction of sp³-hybridized carbons (Fsp3) is 0.571. The van der Waals surface area contributed by atoms with E-state index in [1.54, 1.807) is 0 Å². The van der Waals surface area contributed by atoms with E-state index in [-0.39, 0.29) is 31.1 Å². The first kappa shape index (κ1) is 26.8. The molecule has 0 radical (unpaired) electrons. The van der Waals surface area contributed by atoms with E-state index in [0.29, 0.717) is 26.4 Å². The molecule has 1 aliphatic carbocycles. The zero-order chi connectivity index (χ0) is 25.2. The maximum absolute atomic E-state index is 14.1. The Hall–Kier alpha value is -2.84. The molecule has 3 rings (SSSR count). The van der Waals surface area contributed by atoms with E-state index in [9.17, 15) is 22.0 Å². The Balaban J connectivity index is 1.73. The third kappa shape index (κ3) is 7.57. The molecule has 1 fully saturated rings. The van der Waals surface area contributed by atoms with E-state index in [4.69, 9.17) is 19.9 Å². The molecule has 2 aromatic rings. The van der Waals surface area contributed by atoms with Gasteiger partial charge in [0, 0.05) is 19.1 Å². The van der Waals surface area contributed by atoms with Crippen LogP contribution >= 0.6 is 0 Å². The number of ether oxygens (including phenoxy) is 3. The zero-order valence-corrected chi connectivity index (χ0v) is 18.9. The van der Waals surface area contributed by atoms with Crippen molar-refractivity contribution in [2.24, 2.45) is 5.73 Å². The van der Waals surface area contributed by atoms with Crippen LogP contribution in [0.5, 0.6) is 11.8 Å². The second-order valence-corrected chi connectivity index (χ2v) is 7.69. The number of benzene rings is 1. The van der Waals surface area contributed by atoms with Gasteiger partial charge in [-0.25, -0.2) is 13.2 Å². The van der Waals surface area contributed by atoms with Crippen molar-refractivity contribution >= 4 is 11.9 Å². The van der Waals surface area contributed by atoms with E-state index < -0.39 is 40.8 Å². The van der Waals surface area contributed by atoms with Crippen LogP contribution in [0.3, 0.4) is 0 Å². The summed E-state index contributed by atoms with van der Waals surface area (Å²) in [7, 11) is 0. The zero-order valence-electron chi connectivity index (χ0n) is 18.9. The summed E-state index contributed by atoms with van der Waals surface area (Å²) in [6.45, 7) is 2.03. The predicted octanol–water partition coefficient (Wildman–Crippen LogP) is 3.51. The maximum atomic E-state index is 14.1. The van der Waals surface area contributed by atoms with Crippen LogP contribution in [0.25, 0.3) is 0 Å². The number of aromatic nitrogens is 3. The van der Waals surface area contributed by atoms with Gasteiger partial charge >= 0.3 is 6.01 Å². The van der Waals surface area contributed by atoms with Gasteiger partial charge in [-0.2, -0.15) is 23.7 Å². The van der Waals surface area contributed by atoms with Crippen LogP contribution in [-0.4, -0.2) is 60.5 Å². The van der Waals surface area contributed by atoms with Crippen molar-refractivity contribution in [3.63, 3.8) is 0 Å². The van der Waals surface area contributed by atoms with Crippen LogP contribution in [0, 0.1) is 29.1 Å². The van der Waals surface area contributed by atoms with Gasteiger partial charge in [-0.1, -0.05) is 19.3 Å². The van der Waals surface area contributed by atoms with E-state index >= 15 is 0 Å². The first-order valence-electron chi connectivity index (χ1n) is 11.2. The summed E-state index contributed by atoms with van der Waals surface area (Å²) in [5.41, 5.74) is 5.32. The molecular formula is C21H27F5N6O3. The Morgan fingerprint density at radius 3 is 2.00 bits per heavy atom. The summed E-state index contributed by atoms with van der Waals surface area (Å²) in [4.78, 5) is 12.0. The number of rotatable bonds is 13. The maximum Gasteiger partial charge on any atom is 0.328 e. The summed E-state index contributed by atoms with van der Waals surface area (Å²) >= 11 is 0. The highest BCUT2D eigenvalue weighted by molar-refractivity contribution is 5.39. The Kier molecular flexibility index (Phi) is 10.2. The summed E-state index contributed by atoms with van der Waals surface area (Å²) in [5, 5.41) is 5.95. The molecule has 0 unspecified atom stereocenters. The van der Waals surface area contributed by atoms with Gasteiger partial charge in [-0.3, -0.25) is 0 Å². The van der Waals surface area contributed by atoms with E-state index in [0.717, 1.165) is 32.1 Å². The number of nitrogens with zero attached hydrogens (tertiary/aromatic N) is 3. The summed E-state index contributed by atoms with van der Waals surface area (Å²) in [6.07, 6.45) is 4.85.